The van der Waals surface area contributed by atoms with Crippen molar-refractivity contribution in [3.05, 3.63) is 47.7 Å². The van der Waals surface area contributed by atoms with E-state index in [2.05, 4.69) is 30.7 Å². The first-order chi connectivity index (χ1) is 11.7. The molecule has 0 saturated heterocycles. The number of aromatic nitrogens is 4. The molecule has 2 aromatic heterocycles. The molecule has 1 atom stereocenters. The molecule has 0 aliphatic heterocycles. The van der Waals surface area contributed by atoms with Crippen molar-refractivity contribution in [2.45, 2.75) is 12.8 Å². The molecule has 0 radical (unpaired) electrons. The standard InChI is InChI=1S/C16H17ClN6O/c1-10(8-19-15-12(18-2)13(17)20-9-21-15)16-22-14(23-24-16)11-6-4-3-5-7-11/h3-7,9-10,18H,8H2,1-2H3,(H,19,20,21). The fraction of sp³-hybridized carbons (Fsp3) is 0.250. The van der Waals surface area contributed by atoms with Crippen LogP contribution in [0.3, 0.4) is 0 Å². The second kappa shape index (κ2) is 7.27. The van der Waals surface area contributed by atoms with Crippen LogP contribution in [0.2, 0.25) is 5.15 Å². The summed E-state index contributed by atoms with van der Waals surface area (Å²) in [5.41, 5.74) is 1.58. The van der Waals surface area contributed by atoms with Crippen LogP contribution < -0.4 is 10.6 Å². The van der Waals surface area contributed by atoms with Crippen LogP contribution in [-0.4, -0.2) is 33.7 Å². The van der Waals surface area contributed by atoms with Crippen LogP contribution in [0, 0.1) is 0 Å². The van der Waals surface area contributed by atoms with Gasteiger partial charge in [0.2, 0.25) is 11.7 Å². The predicted octanol–water partition coefficient (Wildman–Crippen LogP) is 3.44. The number of anilines is 2. The molecule has 0 spiro atoms. The Morgan fingerprint density at radius 1 is 1.21 bits per heavy atom. The minimum Gasteiger partial charge on any atom is -0.383 e. The van der Waals surface area contributed by atoms with Gasteiger partial charge in [0.1, 0.15) is 12.0 Å². The van der Waals surface area contributed by atoms with E-state index in [0.717, 1.165) is 5.56 Å². The molecule has 3 aromatic rings. The highest BCUT2D eigenvalue weighted by atomic mass is 35.5. The highest BCUT2D eigenvalue weighted by Crippen LogP contribution is 2.26. The second-order valence-corrected chi connectivity index (χ2v) is 5.60. The van der Waals surface area contributed by atoms with Crippen molar-refractivity contribution >= 4 is 23.1 Å². The number of hydrogen-bond acceptors (Lipinski definition) is 7. The van der Waals surface area contributed by atoms with Crippen LogP contribution in [0.15, 0.2) is 41.2 Å². The van der Waals surface area contributed by atoms with E-state index in [1.54, 1.807) is 7.05 Å². The summed E-state index contributed by atoms with van der Waals surface area (Å²) in [7, 11) is 1.77. The zero-order valence-corrected chi connectivity index (χ0v) is 14.1. The van der Waals surface area contributed by atoms with E-state index in [-0.39, 0.29) is 5.92 Å². The van der Waals surface area contributed by atoms with Gasteiger partial charge in [0.05, 0.1) is 5.92 Å². The molecule has 0 saturated carbocycles. The van der Waals surface area contributed by atoms with Gasteiger partial charge in [-0.3, -0.25) is 0 Å². The van der Waals surface area contributed by atoms with Crippen LogP contribution in [0.1, 0.15) is 18.7 Å². The predicted molar refractivity (Wildman–Crippen MR) is 93.2 cm³/mol. The van der Waals surface area contributed by atoms with Gasteiger partial charge in [-0.2, -0.15) is 4.98 Å². The number of halogens is 1. The van der Waals surface area contributed by atoms with Crippen LogP contribution >= 0.6 is 11.6 Å². The second-order valence-electron chi connectivity index (χ2n) is 5.24. The third-order valence-corrected chi connectivity index (χ3v) is 3.81. The lowest BCUT2D eigenvalue weighted by atomic mass is 10.1. The van der Waals surface area contributed by atoms with Crippen LogP contribution in [0.25, 0.3) is 11.4 Å². The summed E-state index contributed by atoms with van der Waals surface area (Å²) in [5, 5.41) is 10.6. The molecule has 1 unspecified atom stereocenters. The largest absolute Gasteiger partial charge is 0.383 e. The van der Waals surface area contributed by atoms with Crippen molar-refractivity contribution in [2.24, 2.45) is 0 Å². The van der Waals surface area contributed by atoms with Crippen molar-refractivity contribution in [1.82, 2.24) is 20.1 Å². The first-order valence-electron chi connectivity index (χ1n) is 7.50. The van der Waals surface area contributed by atoms with E-state index in [9.17, 15) is 0 Å². The van der Waals surface area contributed by atoms with Crippen molar-refractivity contribution in [3.8, 4) is 11.4 Å². The van der Waals surface area contributed by atoms with E-state index in [1.807, 2.05) is 37.3 Å². The monoisotopic (exact) mass is 344 g/mol. The van der Waals surface area contributed by atoms with Gasteiger partial charge in [0, 0.05) is 19.2 Å². The maximum Gasteiger partial charge on any atom is 0.231 e. The molecule has 0 fully saturated rings. The molecule has 0 aliphatic rings. The third-order valence-electron chi connectivity index (χ3n) is 3.52. The number of nitrogens with zero attached hydrogens (tertiary/aromatic N) is 4. The number of nitrogens with one attached hydrogen (secondary N) is 2. The average molecular weight is 345 g/mol. The Labute approximate surface area is 144 Å². The highest BCUT2D eigenvalue weighted by Gasteiger charge is 2.16. The summed E-state index contributed by atoms with van der Waals surface area (Å²) in [6, 6.07) is 9.71. The average Bonchev–Trinajstić information content (AvgIpc) is 3.10. The lowest BCUT2D eigenvalue weighted by Gasteiger charge is -2.13. The van der Waals surface area contributed by atoms with Crippen LogP contribution in [-0.2, 0) is 0 Å². The maximum absolute atomic E-state index is 6.04. The normalized spacial score (nSPS) is 12.0. The fourth-order valence-electron chi connectivity index (χ4n) is 2.20. The molecule has 7 nitrogen and oxygen atoms in total. The highest BCUT2D eigenvalue weighted by molar-refractivity contribution is 6.32. The zero-order chi connectivity index (χ0) is 16.9. The van der Waals surface area contributed by atoms with Crippen LogP contribution in [0.5, 0.6) is 0 Å². The molecule has 1 aromatic carbocycles. The number of rotatable bonds is 6. The van der Waals surface area contributed by atoms with E-state index in [4.69, 9.17) is 16.1 Å². The lowest BCUT2D eigenvalue weighted by molar-refractivity contribution is 0.363. The van der Waals surface area contributed by atoms with Crippen molar-refractivity contribution < 1.29 is 4.52 Å². The summed E-state index contributed by atoms with van der Waals surface area (Å²) in [4.78, 5) is 12.6. The van der Waals surface area contributed by atoms with E-state index >= 15 is 0 Å². The summed E-state index contributed by atoms with van der Waals surface area (Å²) in [5.74, 6) is 1.78. The number of hydrogen-bond donors (Lipinski definition) is 2. The number of benzene rings is 1. The molecule has 24 heavy (non-hydrogen) atoms. The van der Waals surface area contributed by atoms with Gasteiger partial charge in [-0.15, -0.1) is 0 Å². The summed E-state index contributed by atoms with van der Waals surface area (Å²) >= 11 is 6.04. The Kier molecular flexibility index (Phi) is 4.90. The molecule has 124 valence electrons. The van der Waals surface area contributed by atoms with E-state index < -0.39 is 0 Å². The molecule has 2 heterocycles. The SMILES string of the molecule is CNc1c(Cl)ncnc1NCC(C)c1nc(-c2ccccc2)no1. The van der Waals surface area contributed by atoms with Crippen molar-refractivity contribution in [2.75, 3.05) is 24.2 Å². The smallest absolute Gasteiger partial charge is 0.231 e. The summed E-state index contributed by atoms with van der Waals surface area (Å²) < 4.78 is 5.37. The molecule has 0 amide bonds. The Morgan fingerprint density at radius 2 is 2.00 bits per heavy atom. The topological polar surface area (TPSA) is 88.8 Å². The summed E-state index contributed by atoms with van der Waals surface area (Å²) in [6.45, 7) is 2.57. The van der Waals surface area contributed by atoms with Gasteiger partial charge < -0.3 is 15.2 Å². The van der Waals surface area contributed by atoms with Gasteiger partial charge in [-0.25, -0.2) is 9.97 Å². The quantitative estimate of drug-likeness (QED) is 0.662. The Bertz CT molecular complexity index is 807. The van der Waals surface area contributed by atoms with Gasteiger partial charge in [-0.05, 0) is 0 Å². The molecule has 2 N–H and O–H groups in total. The van der Waals surface area contributed by atoms with Gasteiger partial charge in [0.15, 0.2) is 11.0 Å². The summed E-state index contributed by atoms with van der Waals surface area (Å²) in [6.07, 6.45) is 1.41. The first kappa shape index (κ1) is 16.2. The Morgan fingerprint density at radius 3 is 2.75 bits per heavy atom. The molecule has 0 aliphatic carbocycles. The van der Waals surface area contributed by atoms with Crippen LogP contribution in [0.4, 0.5) is 11.5 Å². The maximum atomic E-state index is 6.04. The molecule has 8 heteroatoms. The Hall–Kier alpha value is -2.67. The molecule has 0 bridgehead atoms. The zero-order valence-electron chi connectivity index (χ0n) is 13.3. The molecular weight excluding hydrogens is 328 g/mol. The Balaban J connectivity index is 1.69. The lowest BCUT2D eigenvalue weighted by Crippen LogP contribution is -2.13. The van der Waals surface area contributed by atoms with E-state index in [0.29, 0.717) is 34.9 Å². The molecular formula is C16H17ClN6O. The van der Waals surface area contributed by atoms with Gasteiger partial charge >= 0.3 is 0 Å². The molecule has 3 rings (SSSR count). The van der Waals surface area contributed by atoms with Gasteiger partial charge in [0.25, 0.3) is 0 Å². The fourth-order valence-corrected chi connectivity index (χ4v) is 2.42. The van der Waals surface area contributed by atoms with Crippen molar-refractivity contribution in [1.29, 1.82) is 0 Å². The third kappa shape index (κ3) is 3.46. The van der Waals surface area contributed by atoms with Gasteiger partial charge in [-0.1, -0.05) is 54.0 Å². The van der Waals surface area contributed by atoms with Crippen molar-refractivity contribution in [3.63, 3.8) is 0 Å². The minimum atomic E-state index is 0.00779. The minimum absolute atomic E-state index is 0.00779. The first-order valence-corrected chi connectivity index (χ1v) is 7.88. The van der Waals surface area contributed by atoms with E-state index in [1.165, 1.54) is 6.33 Å².